The lowest BCUT2D eigenvalue weighted by Gasteiger charge is -2.10. The molecule has 0 fully saturated rings. The molecular formula is C18H14F3N3O2S. The van der Waals surface area contributed by atoms with E-state index in [1.807, 2.05) is 12.1 Å². The van der Waals surface area contributed by atoms with Crippen LogP contribution in [0, 0.1) is 0 Å². The SMILES string of the molecule is O=C(Cc1csc(-c2cccnc2)n1)Nc1ccc(OCC(F)(F)F)cc1. The minimum Gasteiger partial charge on any atom is -0.484 e. The molecule has 0 aliphatic carbocycles. The Morgan fingerprint density at radius 1 is 1.19 bits per heavy atom. The van der Waals surface area contributed by atoms with Crippen LogP contribution in [-0.2, 0) is 11.2 Å². The van der Waals surface area contributed by atoms with Gasteiger partial charge in [-0.05, 0) is 36.4 Å². The number of benzene rings is 1. The minimum atomic E-state index is -4.39. The van der Waals surface area contributed by atoms with Gasteiger partial charge in [0, 0.05) is 29.0 Å². The third kappa shape index (κ3) is 5.78. The first kappa shape index (κ1) is 18.8. The molecule has 1 N–H and O–H groups in total. The fraction of sp³-hybridized carbons (Fsp3) is 0.167. The molecule has 0 aliphatic rings. The smallest absolute Gasteiger partial charge is 0.422 e. The van der Waals surface area contributed by atoms with Gasteiger partial charge in [0.15, 0.2) is 6.61 Å². The van der Waals surface area contributed by atoms with Crippen LogP contribution in [0.4, 0.5) is 18.9 Å². The highest BCUT2D eigenvalue weighted by atomic mass is 32.1. The second-order valence-electron chi connectivity index (χ2n) is 5.54. The predicted molar refractivity (Wildman–Crippen MR) is 95.7 cm³/mol. The van der Waals surface area contributed by atoms with Crippen LogP contribution in [-0.4, -0.2) is 28.7 Å². The van der Waals surface area contributed by atoms with E-state index in [2.05, 4.69) is 20.0 Å². The molecule has 0 saturated carbocycles. The molecule has 0 radical (unpaired) electrons. The van der Waals surface area contributed by atoms with Crippen molar-refractivity contribution in [3.63, 3.8) is 0 Å². The molecule has 0 spiro atoms. The number of nitrogens with zero attached hydrogens (tertiary/aromatic N) is 2. The molecule has 5 nitrogen and oxygen atoms in total. The molecule has 1 aromatic carbocycles. The summed E-state index contributed by atoms with van der Waals surface area (Å²) in [6.07, 6.45) is -0.936. The molecule has 0 saturated heterocycles. The normalized spacial score (nSPS) is 11.2. The number of halogens is 3. The average Bonchev–Trinajstić information content (AvgIpc) is 3.09. The van der Waals surface area contributed by atoms with Crippen molar-refractivity contribution in [3.8, 4) is 16.3 Å². The van der Waals surface area contributed by atoms with Crippen LogP contribution in [0.1, 0.15) is 5.69 Å². The van der Waals surface area contributed by atoms with Crippen LogP contribution in [0.15, 0.2) is 54.2 Å². The van der Waals surface area contributed by atoms with E-state index in [1.54, 1.807) is 17.8 Å². The Morgan fingerprint density at radius 3 is 2.63 bits per heavy atom. The number of ether oxygens (including phenoxy) is 1. The summed E-state index contributed by atoms with van der Waals surface area (Å²) in [6.45, 7) is -1.36. The maximum Gasteiger partial charge on any atom is 0.422 e. The zero-order valence-electron chi connectivity index (χ0n) is 13.9. The quantitative estimate of drug-likeness (QED) is 0.677. The Morgan fingerprint density at radius 2 is 1.96 bits per heavy atom. The molecule has 140 valence electrons. The molecule has 0 unspecified atom stereocenters. The van der Waals surface area contributed by atoms with Crippen LogP contribution in [0.3, 0.4) is 0 Å². The maximum absolute atomic E-state index is 12.1. The molecule has 0 atom stereocenters. The Bertz CT molecular complexity index is 896. The second kappa shape index (κ2) is 8.17. The van der Waals surface area contributed by atoms with Gasteiger partial charge in [-0.15, -0.1) is 11.3 Å². The first-order chi connectivity index (χ1) is 12.9. The number of anilines is 1. The zero-order chi connectivity index (χ0) is 19.3. The second-order valence-corrected chi connectivity index (χ2v) is 6.40. The number of carbonyl (C=O) groups is 1. The first-order valence-electron chi connectivity index (χ1n) is 7.83. The summed E-state index contributed by atoms with van der Waals surface area (Å²) in [4.78, 5) is 20.6. The summed E-state index contributed by atoms with van der Waals surface area (Å²) in [5.41, 5.74) is 1.96. The zero-order valence-corrected chi connectivity index (χ0v) is 14.7. The largest absolute Gasteiger partial charge is 0.484 e. The Labute approximate surface area is 156 Å². The van der Waals surface area contributed by atoms with Gasteiger partial charge in [-0.3, -0.25) is 9.78 Å². The van der Waals surface area contributed by atoms with E-state index in [9.17, 15) is 18.0 Å². The lowest BCUT2D eigenvalue weighted by Crippen LogP contribution is -2.19. The number of thiazole rings is 1. The van der Waals surface area contributed by atoms with Crippen LogP contribution in [0.25, 0.3) is 10.6 Å². The molecule has 0 bridgehead atoms. The minimum absolute atomic E-state index is 0.0749. The number of amides is 1. The van der Waals surface area contributed by atoms with E-state index in [0.717, 1.165) is 10.6 Å². The van der Waals surface area contributed by atoms with Crippen LogP contribution < -0.4 is 10.1 Å². The average molecular weight is 393 g/mol. The third-order valence-corrected chi connectivity index (χ3v) is 4.28. The highest BCUT2D eigenvalue weighted by Gasteiger charge is 2.28. The molecule has 2 heterocycles. The summed E-state index contributed by atoms with van der Waals surface area (Å²) in [5, 5.41) is 5.25. The van der Waals surface area contributed by atoms with E-state index in [0.29, 0.717) is 11.4 Å². The summed E-state index contributed by atoms with van der Waals surface area (Å²) in [6, 6.07) is 9.39. The van der Waals surface area contributed by atoms with Gasteiger partial charge < -0.3 is 10.1 Å². The maximum atomic E-state index is 12.1. The van der Waals surface area contributed by atoms with Crippen molar-refractivity contribution in [1.29, 1.82) is 0 Å². The number of carbonyl (C=O) groups excluding carboxylic acids is 1. The Kier molecular flexibility index (Phi) is 5.70. The van der Waals surface area contributed by atoms with Crippen molar-refractivity contribution in [2.75, 3.05) is 11.9 Å². The van der Waals surface area contributed by atoms with Crippen molar-refractivity contribution in [2.24, 2.45) is 0 Å². The topological polar surface area (TPSA) is 64.1 Å². The van der Waals surface area contributed by atoms with E-state index in [1.165, 1.54) is 35.6 Å². The number of pyridine rings is 1. The Balaban J connectivity index is 1.54. The lowest BCUT2D eigenvalue weighted by molar-refractivity contribution is -0.153. The third-order valence-electron chi connectivity index (χ3n) is 3.34. The summed E-state index contributed by atoms with van der Waals surface area (Å²) in [5.74, 6) is -0.201. The first-order valence-corrected chi connectivity index (χ1v) is 8.71. The standard InChI is InChI=1S/C18H14F3N3O2S/c19-18(20,21)11-26-15-5-3-13(4-6-15)23-16(25)8-14-10-27-17(24-14)12-2-1-7-22-9-12/h1-7,9-10H,8,11H2,(H,23,25). The molecule has 3 aromatic rings. The van der Waals surface area contributed by atoms with Gasteiger partial charge in [-0.25, -0.2) is 4.98 Å². The van der Waals surface area contributed by atoms with Gasteiger partial charge in [0.2, 0.25) is 5.91 Å². The van der Waals surface area contributed by atoms with Gasteiger partial charge in [-0.1, -0.05) is 0 Å². The molecule has 3 rings (SSSR count). The number of alkyl halides is 3. The van der Waals surface area contributed by atoms with E-state index < -0.39 is 12.8 Å². The van der Waals surface area contributed by atoms with Crippen molar-refractivity contribution in [2.45, 2.75) is 12.6 Å². The van der Waals surface area contributed by atoms with Gasteiger partial charge >= 0.3 is 6.18 Å². The molecule has 0 aliphatic heterocycles. The molecular weight excluding hydrogens is 379 g/mol. The van der Waals surface area contributed by atoms with Gasteiger partial charge in [-0.2, -0.15) is 13.2 Å². The van der Waals surface area contributed by atoms with Crippen LogP contribution in [0.5, 0.6) is 5.75 Å². The Hall–Kier alpha value is -2.94. The summed E-state index contributed by atoms with van der Waals surface area (Å²) in [7, 11) is 0. The summed E-state index contributed by atoms with van der Waals surface area (Å²) < 4.78 is 41.0. The van der Waals surface area contributed by atoms with E-state index in [4.69, 9.17) is 0 Å². The number of nitrogens with one attached hydrogen (secondary N) is 1. The van der Waals surface area contributed by atoms with Crippen molar-refractivity contribution in [3.05, 3.63) is 59.9 Å². The van der Waals surface area contributed by atoms with Crippen molar-refractivity contribution in [1.82, 2.24) is 9.97 Å². The van der Waals surface area contributed by atoms with Gasteiger partial charge in [0.05, 0.1) is 12.1 Å². The highest BCUT2D eigenvalue weighted by molar-refractivity contribution is 7.13. The summed E-state index contributed by atoms with van der Waals surface area (Å²) >= 11 is 1.42. The van der Waals surface area contributed by atoms with Crippen molar-refractivity contribution >= 4 is 22.9 Å². The van der Waals surface area contributed by atoms with E-state index in [-0.39, 0.29) is 18.1 Å². The van der Waals surface area contributed by atoms with E-state index >= 15 is 0 Å². The van der Waals surface area contributed by atoms with Crippen molar-refractivity contribution < 1.29 is 22.7 Å². The molecule has 27 heavy (non-hydrogen) atoms. The molecule has 9 heteroatoms. The fourth-order valence-corrected chi connectivity index (χ4v) is 2.99. The molecule has 2 aromatic heterocycles. The number of hydrogen-bond donors (Lipinski definition) is 1. The van der Waals surface area contributed by atoms with Crippen LogP contribution in [0.2, 0.25) is 0 Å². The lowest BCUT2D eigenvalue weighted by atomic mass is 10.2. The van der Waals surface area contributed by atoms with Gasteiger partial charge in [0.1, 0.15) is 10.8 Å². The highest BCUT2D eigenvalue weighted by Crippen LogP contribution is 2.23. The number of rotatable bonds is 6. The fourth-order valence-electron chi connectivity index (χ4n) is 2.18. The van der Waals surface area contributed by atoms with Crippen LogP contribution >= 0.6 is 11.3 Å². The number of hydrogen-bond acceptors (Lipinski definition) is 5. The predicted octanol–water partition coefficient (Wildman–Crippen LogP) is 4.33. The monoisotopic (exact) mass is 393 g/mol. The van der Waals surface area contributed by atoms with Gasteiger partial charge in [0.25, 0.3) is 0 Å². The molecule has 1 amide bonds. The number of aromatic nitrogens is 2.